The lowest BCUT2D eigenvalue weighted by Gasteiger charge is -2.53. The molecular weight excluding hydrogens is 248 g/mol. The summed E-state index contributed by atoms with van der Waals surface area (Å²) in [5.41, 5.74) is 2.85. The Hall–Kier alpha value is -1.31. The van der Waals surface area contributed by atoms with Crippen LogP contribution in [0, 0.1) is 11.3 Å². The van der Waals surface area contributed by atoms with E-state index in [0.29, 0.717) is 18.1 Å². The summed E-state index contributed by atoms with van der Waals surface area (Å²) in [6.45, 7) is 6.82. The lowest BCUT2D eigenvalue weighted by Crippen LogP contribution is -2.50. The number of rotatable bonds is 1. The molecule has 0 N–H and O–H groups in total. The van der Waals surface area contributed by atoms with Gasteiger partial charge in [-0.15, -0.1) is 0 Å². The Kier molecular flexibility index (Phi) is 2.97. The van der Waals surface area contributed by atoms with Gasteiger partial charge in [-0.25, -0.2) is 0 Å². The predicted octanol–water partition coefficient (Wildman–Crippen LogP) is 3.90. The molecular formula is C18H24O2. The summed E-state index contributed by atoms with van der Waals surface area (Å²) in [4.78, 5) is 12.2. The van der Waals surface area contributed by atoms with Crippen LogP contribution in [-0.4, -0.2) is 12.9 Å². The molecule has 2 heteroatoms. The molecule has 0 aromatic heterocycles. The van der Waals surface area contributed by atoms with E-state index < -0.39 is 0 Å². The summed E-state index contributed by atoms with van der Waals surface area (Å²) in [6.07, 6.45) is 3.71. The second-order valence-electron chi connectivity index (χ2n) is 7.41. The van der Waals surface area contributed by atoms with Gasteiger partial charge in [0.25, 0.3) is 0 Å². The lowest BCUT2D eigenvalue weighted by molar-refractivity contribution is -0.129. The van der Waals surface area contributed by atoms with Crippen LogP contribution in [-0.2, 0) is 16.6 Å². The molecule has 1 fully saturated rings. The monoisotopic (exact) mass is 272 g/mol. The average Bonchev–Trinajstić information content (AvgIpc) is 2.35. The summed E-state index contributed by atoms with van der Waals surface area (Å²) in [5.74, 6) is 1.93. The van der Waals surface area contributed by atoms with Crippen molar-refractivity contribution >= 4 is 5.78 Å². The van der Waals surface area contributed by atoms with Crippen LogP contribution in [0.5, 0.6) is 5.75 Å². The zero-order valence-corrected chi connectivity index (χ0v) is 13.0. The van der Waals surface area contributed by atoms with Crippen LogP contribution in [0.1, 0.15) is 51.2 Å². The van der Waals surface area contributed by atoms with Crippen LogP contribution in [0.15, 0.2) is 18.2 Å². The molecule has 0 radical (unpaired) electrons. The Morgan fingerprint density at radius 2 is 1.95 bits per heavy atom. The van der Waals surface area contributed by atoms with E-state index in [9.17, 15) is 4.79 Å². The normalized spacial score (nSPS) is 31.4. The van der Waals surface area contributed by atoms with Crippen LogP contribution in [0.4, 0.5) is 0 Å². The number of methoxy groups -OCH3 is 1. The molecule has 0 spiro atoms. The molecule has 2 aliphatic rings. The average molecular weight is 272 g/mol. The number of aryl methyl sites for hydroxylation is 1. The van der Waals surface area contributed by atoms with E-state index >= 15 is 0 Å². The first-order valence-electron chi connectivity index (χ1n) is 7.56. The van der Waals surface area contributed by atoms with Gasteiger partial charge >= 0.3 is 0 Å². The second kappa shape index (κ2) is 4.34. The molecule has 3 rings (SSSR count). The molecule has 1 saturated carbocycles. The van der Waals surface area contributed by atoms with Crippen molar-refractivity contribution in [2.75, 3.05) is 7.11 Å². The molecule has 108 valence electrons. The lowest BCUT2D eigenvalue weighted by atomic mass is 9.50. The number of benzene rings is 1. The van der Waals surface area contributed by atoms with E-state index in [0.717, 1.165) is 18.6 Å². The quantitative estimate of drug-likeness (QED) is 0.775. The molecule has 2 nitrogen and oxygen atoms in total. The van der Waals surface area contributed by atoms with Gasteiger partial charge in [0.1, 0.15) is 11.5 Å². The highest BCUT2D eigenvalue weighted by molar-refractivity contribution is 5.82. The molecule has 0 aliphatic heterocycles. The van der Waals surface area contributed by atoms with Crippen LogP contribution in [0.2, 0.25) is 0 Å². The minimum absolute atomic E-state index is 0.00130. The molecule has 0 amide bonds. The molecule has 0 saturated heterocycles. The zero-order valence-electron chi connectivity index (χ0n) is 13.0. The van der Waals surface area contributed by atoms with Gasteiger partial charge in [-0.3, -0.25) is 4.79 Å². The van der Waals surface area contributed by atoms with Crippen molar-refractivity contribution < 1.29 is 9.53 Å². The molecule has 2 atom stereocenters. The Morgan fingerprint density at radius 3 is 2.65 bits per heavy atom. The number of fused-ring (bicyclic) bond motifs is 3. The van der Waals surface area contributed by atoms with Gasteiger partial charge in [0, 0.05) is 18.3 Å². The van der Waals surface area contributed by atoms with Gasteiger partial charge < -0.3 is 4.74 Å². The number of hydrogen-bond acceptors (Lipinski definition) is 2. The Morgan fingerprint density at radius 1 is 1.20 bits per heavy atom. The molecule has 1 aromatic rings. The third-order valence-electron chi connectivity index (χ3n) is 5.56. The number of carbonyl (C=O) groups is 1. The van der Waals surface area contributed by atoms with Crippen molar-refractivity contribution in [3.63, 3.8) is 0 Å². The van der Waals surface area contributed by atoms with E-state index in [1.54, 1.807) is 7.11 Å². The van der Waals surface area contributed by atoms with E-state index in [1.165, 1.54) is 17.5 Å². The van der Waals surface area contributed by atoms with E-state index in [4.69, 9.17) is 4.74 Å². The highest BCUT2D eigenvalue weighted by atomic mass is 16.5. The Labute approximate surface area is 121 Å². The molecule has 0 heterocycles. The SMILES string of the molecule is COc1ccc2c(c1)CCC1C(C)(C)CC(=O)CC21C. The molecule has 1 aromatic carbocycles. The van der Waals surface area contributed by atoms with Gasteiger partial charge in [0.2, 0.25) is 0 Å². The summed E-state index contributed by atoms with van der Waals surface area (Å²) in [7, 11) is 1.71. The number of ether oxygens (including phenoxy) is 1. The fourth-order valence-electron chi connectivity index (χ4n) is 4.84. The predicted molar refractivity (Wildman–Crippen MR) is 80.2 cm³/mol. The molecule has 20 heavy (non-hydrogen) atoms. The fourth-order valence-corrected chi connectivity index (χ4v) is 4.84. The van der Waals surface area contributed by atoms with Gasteiger partial charge in [0.05, 0.1) is 7.11 Å². The first-order valence-corrected chi connectivity index (χ1v) is 7.56. The maximum Gasteiger partial charge on any atom is 0.134 e. The zero-order chi connectivity index (χ0) is 14.5. The van der Waals surface area contributed by atoms with Gasteiger partial charge in [-0.2, -0.15) is 0 Å². The maximum atomic E-state index is 12.2. The summed E-state index contributed by atoms with van der Waals surface area (Å²) in [6, 6.07) is 6.39. The Bertz CT molecular complexity index is 559. The topological polar surface area (TPSA) is 26.3 Å². The highest BCUT2D eigenvalue weighted by Gasteiger charge is 2.52. The van der Waals surface area contributed by atoms with Gasteiger partial charge in [-0.05, 0) is 47.4 Å². The highest BCUT2D eigenvalue weighted by Crippen LogP contribution is 2.56. The van der Waals surface area contributed by atoms with Gasteiger partial charge in [-0.1, -0.05) is 26.8 Å². The minimum Gasteiger partial charge on any atom is -0.497 e. The summed E-state index contributed by atoms with van der Waals surface area (Å²) >= 11 is 0. The van der Waals surface area contributed by atoms with Crippen molar-refractivity contribution in [2.45, 2.75) is 51.9 Å². The Balaban J connectivity index is 2.11. The van der Waals surface area contributed by atoms with Crippen molar-refractivity contribution in [1.29, 1.82) is 0 Å². The largest absolute Gasteiger partial charge is 0.497 e. The fraction of sp³-hybridized carbons (Fsp3) is 0.611. The van der Waals surface area contributed by atoms with E-state index in [-0.39, 0.29) is 10.8 Å². The summed E-state index contributed by atoms with van der Waals surface area (Å²) in [5, 5.41) is 0. The minimum atomic E-state index is -0.00130. The van der Waals surface area contributed by atoms with E-state index in [2.05, 4.69) is 32.9 Å². The van der Waals surface area contributed by atoms with Crippen molar-refractivity contribution in [2.24, 2.45) is 11.3 Å². The number of Topliss-reactive ketones (excluding diaryl/α,β-unsaturated/α-hetero) is 1. The van der Waals surface area contributed by atoms with Crippen LogP contribution >= 0.6 is 0 Å². The second-order valence-corrected chi connectivity index (χ2v) is 7.41. The van der Waals surface area contributed by atoms with Gasteiger partial charge in [0.15, 0.2) is 0 Å². The third-order valence-corrected chi connectivity index (χ3v) is 5.56. The maximum absolute atomic E-state index is 12.2. The standard InChI is InChI=1S/C18H24O2/c1-17(2)10-13(19)11-18(3)15-7-6-14(20-4)9-12(15)5-8-16(17)18/h6-7,9,16H,5,8,10-11H2,1-4H3. The van der Waals surface area contributed by atoms with Crippen molar-refractivity contribution in [3.05, 3.63) is 29.3 Å². The number of carbonyl (C=O) groups excluding carboxylic acids is 1. The first-order chi connectivity index (χ1) is 9.37. The molecule has 2 unspecified atom stereocenters. The van der Waals surface area contributed by atoms with Crippen molar-refractivity contribution in [3.8, 4) is 5.75 Å². The van der Waals surface area contributed by atoms with Crippen LogP contribution in [0.3, 0.4) is 0 Å². The van der Waals surface area contributed by atoms with Crippen LogP contribution in [0.25, 0.3) is 0 Å². The molecule has 0 bridgehead atoms. The number of hydrogen-bond donors (Lipinski definition) is 0. The van der Waals surface area contributed by atoms with Crippen molar-refractivity contribution in [1.82, 2.24) is 0 Å². The number of ketones is 1. The molecule has 2 aliphatic carbocycles. The van der Waals surface area contributed by atoms with Crippen LogP contribution < -0.4 is 4.74 Å². The third kappa shape index (κ3) is 1.88. The summed E-state index contributed by atoms with van der Waals surface area (Å²) < 4.78 is 5.34. The smallest absolute Gasteiger partial charge is 0.134 e. The van der Waals surface area contributed by atoms with E-state index in [1.807, 2.05) is 6.07 Å². The first kappa shape index (κ1) is 13.7.